The summed E-state index contributed by atoms with van der Waals surface area (Å²) in [6.45, 7) is 20.2. The van der Waals surface area contributed by atoms with Crippen LogP contribution in [0.1, 0.15) is 79.4 Å². The fraction of sp³-hybridized carbons (Fsp3) is 0.267. The van der Waals surface area contributed by atoms with E-state index in [9.17, 15) is 0 Å². The molecule has 0 aliphatic heterocycles. The van der Waals surface area contributed by atoms with Gasteiger partial charge in [0.25, 0.3) is 0 Å². The summed E-state index contributed by atoms with van der Waals surface area (Å²) < 4.78 is 0. The van der Waals surface area contributed by atoms with E-state index in [2.05, 4.69) is 172 Å². The Labute approximate surface area is 285 Å². The number of hydrogen-bond acceptors (Lipinski definition) is 3. The molecule has 0 amide bonds. The Kier molecular flexibility index (Phi) is 7.51. The number of fused-ring (bicyclic) bond motifs is 6. The molecule has 0 N–H and O–H groups in total. The maximum atomic E-state index is 5.60. The topological polar surface area (TPSA) is 38.7 Å². The zero-order chi connectivity index (χ0) is 34.0. The highest BCUT2D eigenvalue weighted by atomic mass is 14.8. The minimum absolute atomic E-state index is 0.180. The van der Waals surface area contributed by atoms with Crippen LogP contribution >= 0.6 is 0 Å². The monoisotopic (exact) mass is 627 g/mol. The standard InChI is InChI=1S/C45H45N3/c1-43(2,3)34-25-31(28-19-13-10-14-20-28)37-40(46-34)38-32(29-21-15-11-16-22-29)26-35(44(4,5)6)48-42(38)39-33(30-23-17-12-18-24-30)27-36(45(7,8)9)47-41(37)39/h10-27H,1-9H3. The fourth-order valence-corrected chi connectivity index (χ4v) is 6.59. The smallest absolute Gasteiger partial charge is 0.0834 e. The van der Waals surface area contributed by atoms with Crippen molar-refractivity contribution >= 4 is 32.7 Å². The minimum Gasteiger partial charge on any atom is -0.251 e. The number of hydrogen-bond donors (Lipinski definition) is 0. The van der Waals surface area contributed by atoms with Crippen molar-refractivity contribution in [1.29, 1.82) is 0 Å². The molecule has 0 unspecified atom stereocenters. The number of nitrogens with zero attached hydrogens (tertiary/aromatic N) is 3. The molecular weight excluding hydrogens is 583 g/mol. The van der Waals surface area contributed by atoms with E-state index >= 15 is 0 Å². The van der Waals surface area contributed by atoms with Gasteiger partial charge in [-0.1, -0.05) is 153 Å². The van der Waals surface area contributed by atoms with Gasteiger partial charge in [-0.25, -0.2) is 0 Å². The van der Waals surface area contributed by atoms with Gasteiger partial charge in [-0.3, -0.25) is 15.0 Å². The summed E-state index contributed by atoms with van der Waals surface area (Å²) in [6.07, 6.45) is 0. The summed E-state index contributed by atoms with van der Waals surface area (Å²) in [4.78, 5) is 16.8. The van der Waals surface area contributed by atoms with Crippen LogP contribution in [0.3, 0.4) is 0 Å². The molecule has 0 aliphatic rings. The van der Waals surface area contributed by atoms with Gasteiger partial charge >= 0.3 is 0 Å². The lowest BCUT2D eigenvalue weighted by atomic mass is 9.83. The van der Waals surface area contributed by atoms with Gasteiger partial charge in [0.2, 0.25) is 0 Å². The second-order valence-electron chi connectivity index (χ2n) is 16.2. The summed E-state index contributed by atoms with van der Waals surface area (Å²) in [5.74, 6) is 0. The van der Waals surface area contributed by atoms with E-state index in [1.807, 2.05) is 0 Å². The molecule has 4 aromatic carbocycles. The Morgan fingerprint density at radius 2 is 0.562 bits per heavy atom. The van der Waals surface area contributed by atoms with Crippen LogP contribution in [0.2, 0.25) is 0 Å². The third-order valence-electron chi connectivity index (χ3n) is 9.33. The van der Waals surface area contributed by atoms with Crippen LogP contribution in [0.5, 0.6) is 0 Å². The van der Waals surface area contributed by atoms with Crippen molar-refractivity contribution in [1.82, 2.24) is 15.0 Å². The third-order valence-corrected chi connectivity index (χ3v) is 9.33. The first-order valence-electron chi connectivity index (χ1n) is 17.1. The SMILES string of the molecule is CC(C)(C)c1cc(-c2ccccc2)c2c(n1)c1c(-c3ccccc3)cc(C(C)(C)C)nc1c1c(-c3ccccc3)cc(C(C)(C)C)nc21. The zero-order valence-electron chi connectivity index (χ0n) is 29.7. The lowest BCUT2D eigenvalue weighted by Gasteiger charge is -2.26. The molecule has 3 nitrogen and oxygen atoms in total. The molecule has 3 heteroatoms. The number of rotatable bonds is 3. The van der Waals surface area contributed by atoms with E-state index in [1.165, 1.54) is 0 Å². The van der Waals surface area contributed by atoms with Crippen LogP contribution in [-0.4, -0.2) is 15.0 Å². The van der Waals surface area contributed by atoms with Crippen LogP contribution in [0.25, 0.3) is 66.1 Å². The van der Waals surface area contributed by atoms with Crippen molar-refractivity contribution in [2.75, 3.05) is 0 Å². The third kappa shape index (κ3) is 5.56. The molecule has 0 fully saturated rings. The van der Waals surface area contributed by atoms with Gasteiger partial charge in [0.05, 0.1) is 16.6 Å². The highest BCUT2D eigenvalue weighted by molar-refractivity contribution is 6.30. The lowest BCUT2D eigenvalue weighted by molar-refractivity contribution is 0.571. The summed E-state index contributed by atoms with van der Waals surface area (Å²) in [7, 11) is 0. The Hall–Kier alpha value is -4.89. The van der Waals surface area contributed by atoms with Crippen molar-refractivity contribution in [3.63, 3.8) is 0 Å². The first-order chi connectivity index (χ1) is 22.7. The van der Waals surface area contributed by atoms with Crippen LogP contribution < -0.4 is 0 Å². The molecule has 0 aliphatic carbocycles. The van der Waals surface area contributed by atoms with Crippen LogP contribution in [0, 0.1) is 0 Å². The van der Waals surface area contributed by atoms with Gasteiger partial charge in [0.1, 0.15) is 0 Å². The molecule has 7 rings (SSSR count). The van der Waals surface area contributed by atoms with Crippen molar-refractivity contribution < 1.29 is 0 Å². The van der Waals surface area contributed by atoms with E-state index in [-0.39, 0.29) is 16.2 Å². The van der Waals surface area contributed by atoms with E-state index in [1.54, 1.807) is 0 Å². The van der Waals surface area contributed by atoms with Crippen molar-refractivity contribution in [2.24, 2.45) is 0 Å². The Balaban J connectivity index is 1.87. The van der Waals surface area contributed by atoms with Gasteiger partial charge in [-0.15, -0.1) is 0 Å². The van der Waals surface area contributed by atoms with E-state index in [0.29, 0.717) is 0 Å². The molecule has 0 radical (unpaired) electrons. The minimum atomic E-state index is -0.180. The zero-order valence-corrected chi connectivity index (χ0v) is 29.7. The number of aromatic nitrogens is 3. The Morgan fingerprint density at radius 3 is 0.771 bits per heavy atom. The molecule has 7 aromatic rings. The van der Waals surface area contributed by atoms with E-state index < -0.39 is 0 Å². The van der Waals surface area contributed by atoms with Crippen LogP contribution in [0.15, 0.2) is 109 Å². The van der Waals surface area contributed by atoms with Gasteiger partial charge in [0.15, 0.2) is 0 Å². The molecule has 0 spiro atoms. The second kappa shape index (κ2) is 11.4. The Bertz CT molecular complexity index is 2010. The van der Waals surface area contributed by atoms with Crippen LogP contribution in [0.4, 0.5) is 0 Å². The van der Waals surface area contributed by atoms with Gasteiger partial charge in [-0.05, 0) is 51.6 Å². The van der Waals surface area contributed by atoms with Gasteiger partial charge in [0, 0.05) is 49.5 Å². The summed E-state index contributed by atoms with van der Waals surface area (Å²) in [6, 6.07) is 39.2. The molecule has 0 bridgehead atoms. The average Bonchev–Trinajstić information content (AvgIpc) is 3.06. The first kappa shape index (κ1) is 31.7. The average molecular weight is 628 g/mol. The molecule has 240 valence electrons. The second-order valence-corrected chi connectivity index (χ2v) is 16.2. The van der Waals surface area contributed by atoms with Crippen molar-refractivity contribution in [3.05, 3.63) is 126 Å². The number of pyridine rings is 3. The molecule has 3 heterocycles. The van der Waals surface area contributed by atoms with E-state index in [0.717, 1.165) is 83.2 Å². The fourth-order valence-electron chi connectivity index (χ4n) is 6.59. The van der Waals surface area contributed by atoms with Crippen LogP contribution in [-0.2, 0) is 16.2 Å². The van der Waals surface area contributed by atoms with E-state index in [4.69, 9.17) is 15.0 Å². The molecule has 48 heavy (non-hydrogen) atoms. The molecule has 0 atom stereocenters. The summed E-state index contributed by atoms with van der Waals surface area (Å²) in [5.41, 5.74) is 12.4. The maximum absolute atomic E-state index is 5.60. The number of benzene rings is 4. The molecule has 0 saturated heterocycles. The predicted molar refractivity (Wildman–Crippen MR) is 205 cm³/mol. The molecule has 0 saturated carbocycles. The normalized spacial score (nSPS) is 12.7. The van der Waals surface area contributed by atoms with Crippen molar-refractivity contribution in [3.8, 4) is 33.4 Å². The highest BCUT2D eigenvalue weighted by Gasteiger charge is 2.29. The summed E-state index contributed by atoms with van der Waals surface area (Å²) in [5, 5.41) is 3.22. The maximum Gasteiger partial charge on any atom is 0.0834 e. The Morgan fingerprint density at radius 1 is 0.333 bits per heavy atom. The molecular formula is C45H45N3. The van der Waals surface area contributed by atoms with Gasteiger partial charge in [-0.2, -0.15) is 0 Å². The first-order valence-corrected chi connectivity index (χ1v) is 17.1. The highest BCUT2D eigenvalue weighted by Crippen LogP contribution is 2.47. The summed E-state index contributed by atoms with van der Waals surface area (Å²) >= 11 is 0. The van der Waals surface area contributed by atoms with Crippen molar-refractivity contribution in [2.45, 2.75) is 78.6 Å². The predicted octanol–water partition coefficient (Wildman–Crippen LogP) is 12.2. The van der Waals surface area contributed by atoms with Gasteiger partial charge < -0.3 is 0 Å². The lowest BCUT2D eigenvalue weighted by Crippen LogP contribution is -2.16. The largest absolute Gasteiger partial charge is 0.251 e. The molecule has 3 aromatic heterocycles. The quantitative estimate of drug-likeness (QED) is 0.183.